The fraction of sp³-hybridized carbons (Fsp3) is 0.268. The summed E-state index contributed by atoms with van der Waals surface area (Å²) < 4.78 is 0. The van der Waals surface area contributed by atoms with E-state index in [9.17, 15) is 0 Å². The number of allylic oxidation sites excluding steroid dienone is 2. The molecule has 0 spiro atoms. The molecule has 6 heterocycles. The molecular weight excluding hydrogens is 633 g/mol. The van der Waals surface area contributed by atoms with Crippen LogP contribution in [0.2, 0.25) is 0 Å². The molecular formula is C41H40N10. The lowest BCUT2D eigenvalue weighted by atomic mass is 9.83. The zero-order valence-electron chi connectivity index (χ0n) is 28.5. The summed E-state index contributed by atoms with van der Waals surface area (Å²) in [6.07, 6.45) is 23.2. The molecule has 254 valence electrons. The van der Waals surface area contributed by atoms with Crippen LogP contribution in [-0.4, -0.2) is 51.4 Å². The highest BCUT2D eigenvalue weighted by molar-refractivity contribution is 6.26. The second-order valence-electron chi connectivity index (χ2n) is 13.6. The van der Waals surface area contributed by atoms with Gasteiger partial charge in [-0.3, -0.25) is 9.97 Å². The molecule has 0 atom stereocenters. The van der Waals surface area contributed by atoms with Crippen molar-refractivity contribution >= 4 is 51.9 Å². The summed E-state index contributed by atoms with van der Waals surface area (Å²) in [5.41, 5.74) is 8.18. The predicted octanol–water partition coefficient (Wildman–Crippen LogP) is 8.69. The molecule has 4 aliphatic heterocycles. The molecule has 0 bridgehead atoms. The number of pyridine rings is 2. The Morgan fingerprint density at radius 3 is 1.98 bits per heavy atom. The predicted molar refractivity (Wildman–Crippen MR) is 207 cm³/mol. The first-order valence-electron chi connectivity index (χ1n) is 18.2. The van der Waals surface area contributed by atoms with Gasteiger partial charge in [0.05, 0.1) is 5.69 Å². The van der Waals surface area contributed by atoms with E-state index >= 15 is 0 Å². The smallest absolute Gasteiger partial charge is 0.241 e. The second-order valence-corrected chi connectivity index (χ2v) is 13.6. The summed E-state index contributed by atoms with van der Waals surface area (Å²) >= 11 is 0. The molecule has 2 N–H and O–H groups in total. The van der Waals surface area contributed by atoms with Gasteiger partial charge in [-0.2, -0.15) is 9.98 Å². The Balaban J connectivity index is 1.12. The third-order valence-corrected chi connectivity index (χ3v) is 10.2. The van der Waals surface area contributed by atoms with E-state index in [1.165, 1.54) is 62.6 Å². The number of benzene rings is 2. The molecule has 5 aliphatic rings. The van der Waals surface area contributed by atoms with E-state index in [-0.39, 0.29) is 0 Å². The summed E-state index contributed by atoms with van der Waals surface area (Å²) in [5.74, 6) is 3.77. The molecule has 2 aromatic heterocycles. The van der Waals surface area contributed by atoms with E-state index in [4.69, 9.17) is 20.0 Å². The lowest BCUT2D eigenvalue weighted by Crippen LogP contribution is -2.41. The molecule has 1 saturated carbocycles. The molecule has 10 heteroatoms. The van der Waals surface area contributed by atoms with Crippen LogP contribution >= 0.6 is 0 Å². The number of amidine groups is 3. The molecule has 0 unspecified atom stereocenters. The van der Waals surface area contributed by atoms with Gasteiger partial charge in [0.1, 0.15) is 11.7 Å². The zero-order valence-corrected chi connectivity index (χ0v) is 28.5. The highest BCUT2D eigenvalue weighted by atomic mass is 15.4. The molecule has 1 aliphatic carbocycles. The van der Waals surface area contributed by atoms with E-state index in [0.29, 0.717) is 23.5 Å². The fourth-order valence-corrected chi connectivity index (χ4v) is 7.60. The number of guanidine groups is 1. The maximum atomic E-state index is 5.14. The highest BCUT2D eigenvalue weighted by Gasteiger charge is 2.32. The van der Waals surface area contributed by atoms with Crippen molar-refractivity contribution in [2.75, 3.05) is 28.6 Å². The topological polar surface area (TPSA) is 106 Å². The number of hydrogen-bond donors (Lipinski definition) is 2. The van der Waals surface area contributed by atoms with Crippen molar-refractivity contribution in [3.05, 3.63) is 126 Å². The third kappa shape index (κ3) is 6.45. The average molecular weight is 673 g/mol. The Bertz CT molecular complexity index is 2010. The van der Waals surface area contributed by atoms with Crippen molar-refractivity contribution in [1.82, 2.24) is 14.9 Å². The van der Waals surface area contributed by atoms with Gasteiger partial charge < -0.3 is 15.5 Å². The fourth-order valence-electron chi connectivity index (χ4n) is 7.60. The van der Waals surface area contributed by atoms with Gasteiger partial charge in [-0.15, -0.1) is 0 Å². The number of aliphatic imine (C=N–C) groups is 4. The Kier molecular flexibility index (Phi) is 8.41. The quantitative estimate of drug-likeness (QED) is 0.194. The van der Waals surface area contributed by atoms with Gasteiger partial charge in [0.2, 0.25) is 5.96 Å². The van der Waals surface area contributed by atoms with Crippen LogP contribution in [0.25, 0.3) is 0 Å². The minimum Gasteiger partial charge on any atom is -0.371 e. The Hall–Kier alpha value is -5.90. The van der Waals surface area contributed by atoms with Crippen LogP contribution in [-0.2, 0) is 0 Å². The van der Waals surface area contributed by atoms with Crippen LogP contribution in [0.15, 0.2) is 129 Å². The second kappa shape index (κ2) is 13.8. The lowest BCUT2D eigenvalue weighted by molar-refractivity contribution is 0.444. The van der Waals surface area contributed by atoms with Gasteiger partial charge in [-0.1, -0.05) is 31.4 Å². The molecule has 1 saturated heterocycles. The number of aromatic nitrogens is 2. The van der Waals surface area contributed by atoms with E-state index in [1.54, 1.807) is 24.8 Å². The van der Waals surface area contributed by atoms with Gasteiger partial charge in [0.25, 0.3) is 0 Å². The van der Waals surface area contributed by atoms with Gasteiger partial charge in [-0.05, 0) is 110 Å². The minimum absolute atomic E-state index is 0.539. The summed E-state index contributed by atoms with van der Waals surface area (Å²) in [6.45, 7) is 2.12. The van der Waals surface area contributed by atoms with Gasteiger partial charge in [0, 0.05) is 71.8 Å². The minimum atomic E-state index is 0.539. The number of anilines is 5. The number of hydrogen-bond acceptors (Lipinski definition) is 10. The normalized spacial score (nSPS) is 18.5. The SMILES string of the molecule is C1=CC2=NC(c3ccc(C4CCCCC4)cc3Nc3ccncc3)=NC3=NC(c4ccc(N5CCCCC5)cc4Nc4ccncc4)=NC(=C1)N23. The van der Waals surface area contributed by atoms with Gasteiger partial charge >= 0.3 is 0 Å². The summed E-state index contributed by atoms with van der Waals surface area (Å²) in [5, 5.41) is 7.30. The van der Waals surface area contributed by atoms with Crippen LogP contribution in [0.1, 0.15) is 74.0 Å². The molecule has 2 fully saturated rings. The van der Waals surface area contributed by atoms with Crippen LogP contribution in [0.3, 0.4) is 0 Å². The first-order valence-corrected chi connectivity index (χ1v) is 18.2. The van der Waals surface area contributed by atoms with E-state index in [0.717, 1.165) is 58.6 Å². The van der Waals surface area contributed by atoms with Crippen molar-refractivity contribution in [3.8, 4) is 0 Å². The van der Waals surface area contributed by atoms with Crippen molar-refractivity contribution < 1.29 is 0 Å². The molecule has 9 rings (SSSR count). The number of nitrogens with one attached hydrogen (secondary N) is 2. The average Bonchev–Trinajstić information content (AvgIpc) is 3.19. The Morgan fingerprint density at radius 2 is 1.25 bits per heavy atom. The molecule has 4 aromatic rings. The standard InChI is InChI=1S/C41H40N10/c1-3-8-28(9-4-1)29-12-14-33(35(26-29)44-30-16-20-42-21-17-30)39-46-37-10-7-11-38-47-40(49-41(48-39)51(37)38)34-15-13-32(50-24-5-2-6-25-50)27-36(34)45-31-18-22-43-23-19-31/h7,10-23,26-28H,1-6,8-9,24-25H2,(H,42,44)(H,43,45). The van der Waals surface area contributed by atoms with Crippen molar-refractivity contribution in [2.45, 2.75) is 57.3 Å². The summed E-state index contributed by atoms with van der Waals surface area (Å²) in [6, 6.07) is 21.2. The number of piperidine rings is 1. The number of nitrogens with zero attached hydrogens (tertiary/aromatic N) is 8. The van der Waals surface area contributed by atoms with Crippen molar-refractivity contribution in [2.24, 2.45) is 20.0 Å². The number of rotatable bonds is 8. The maximum absolute atomic E-state index is 5.14. The zero-order chi connectivity index (χ0) is 34.0. The molecule has 51 heavy (non-hydrogen) atoms. The molecule has 0 radical (unpaired) electrons. The first kappa shape index (κ1) is 31.1. The van der Waals surface area contributed by atoms with Crippen molar-refractivity contribution in [3.63, 3.8) is 0 Å². The van der Waals surface area contributed by atoms with Gasteiger partial charge in [-0.25, -0.2) is 14.9 Å². The van der Waals surface area contributed by atoms with E-state index in [1.807, 2.05) is 47.4 Å². The summed E-state index contributed by atoms with van der Waals surface area (Å²) in [7, 11) is 0. The summed E-state index contributed by atoms with van der Waals surface area (Å²) in [4.78, 5) is 33.2. The largest absolute Gasteiger partial charge is 0.371 e. The van der Waals surface area contributed by atoms with E-state index < -0.39 is 0 Å². The molecule has 0 amide bonds. The first-order chi connectivity index (χ1) is 25.2. The van der Waals surface area contributed by atoms with Crippen LogP contribution in [0.4, 0.5) is 28.4 Å². The van der Waals surface area contributed by atoms with Gasteiger partial charge in [0.15, 0.2) is 11.7 Å². The Morgan fingerprint density at radius 1 is 0.608 bits per heavy atom. The van der Waals surface area contributed by atoms with Crippen LogP contribution in [0.5, 0.6) is 0 Å². The van der Waals surface area contributed by atoms with E-state index in [2.05, 4.69) is 61.9 Å². The molecule has 2 aromatic carbocycles. The van der Waals surface area contributed by atoms with Crippen LogP contribution in [0, 0.1) is 0 Å². The lowest BCUT2D eigenvalue weighted by Gasteiger charge is -2.32. The van der Waals surface area contributed by atoms with Crippen molar-refractivity contribution in [1.29, 1.82) is 0 Å². The van der Waals surface area contributed by atoms with Crippen LogP contribution < -0.4 is 15.5 Å². The monoisotopic (exact) mass is 672 g/mol. The third-order valence-electron chi connectivity index (χ3n) is 10.2. The highest BCUT2D eigenvalue weighted by Crippen LogP contribution is 2.37. The molecule has 10 nitrogen and oxygen atoms in total. The Labute approximate surface area is 298 Å². The maximum Gasteiger partial charge on any atom is 0.241 e.